The maximum Gasteiger partial charge on any atom is 0.150 e. The lowest BCUT2D eigenvalue weighted by atomic mass is 9.85. The predicted molar refractivity (Wildman–Crippen MR) is 82.5 cm³/mol. The second-order valence-electron chi connectivity index (χ2n) is 5.90. The summed E-state index contributed by atoms with van der Waals surface area (Å²) in [7, 11) is 1.68. The van der Waals surface area contributed by atoms with Crippen LogP contribution in [0.2, 0.25) is 0 Å². The molecule has 0 amide bonds. The summed E-state index contributed by atoms with van der Waals surface area (Å²) in [6, 6.07) is 13.8. The van der Waals surface area contributed by atoms with Crippen molar-refractivity contribution in [3.05, 3.63) is 53.6 Å². The molecule has 2 aromatic carbocycles. The van der Waals surface area contributed by atoms with Crippen molar-refractivity contribution in [2.45, 2.75) is 26.2 Å². The third kappa shape index (κ3) is 2.90. The van der Waals surface area contributed by atoms with Crippen molar-refractivity contribution >= 4 is 6.29 Å². The van der Waals surface area contributed by atoms with E-state index in [0.717, 1.165) is 23.2 Å². The number of ether oxygens (including phenoxy) is 1. The molecule has 0 spiro atoms. The van der Waals surface area contributed by atoms with Crippen molar-refractivity contribution in [3.8, 4) is 16.9 Å². The Morgan fingerprint density at radius 1 is 1.00 bits per heavy atom. The van der Waals surface area contributed by atoms with Gasteiger partial charge in [-0.25, -0.2) is 0 Å². The summed E-state index contributed by atoms with van der Waals surface area (Å²) in [6.45, 7) is 6.57. The van der Waals surface area contributed by atoms with Gasteiger partial charge in [0.25, 0.3) is 0 Å². The van der Waals surface area contributed by atoms with Crippen molar-refractivity contribution in [2.75, 3.05) is 7.11 Å². The fourth-order valence-electron chi connectivity index (χ4n) is 2.14. The molecule has 0 fully saturated rings. The van der Waals surface area contributed by atoms with Crippen molar-refractivity contribution < 1.29 is 9.53 Å². The van der Waals surface area contributed by atoms with Crippen molar-refractivity contribution in [3.63, 3.8) is 0 Å². The second-order valence-corrected chi connectivity index (χ2v) is 5.90. The molecular formula is C18H20O2. The molecule has 2 rings (SSSR count). The highest BCUT2D eigenvalue weighted by Crippen LogP contribution is 2.34. The lowest BCUT2D eigenvalue weighted by Crippen LogP contribution is -2.11. The minimum Gasteiger partial charge on any atom is -0.496 e. The maximum atomic E-state index is 10.7. The zero-order chi connectivity index (χ0) is 14.8. The quantitative estimate of drug-likeness (QED) is 0.768. The number of carbonyl (C=O) groups excluding carboxylic acids is 1. The van der Waals surface area contributed by atoms with Gasteiger partial charge in [-0.15, -0.1) is 0 Å². The Hall–Kier alpha value is -2.09. The number of hydrogen-bond donors (Lipinski definition) is 0. The van der Waals surface area contributed by atoms with Gasteiger partial charge in [-0.3, -0.25) is 4.79 Å². The monoisotopic (exact) mass is 268 g/mol. The smallest absolute Gasteiger partial charge is 0.150 e. The van der Waals surface area contributed by atoms with Gasteiger partial charge in [0, 0.05) is 11.1 Å². The van der Waals surface area contributed by atoms with Crippen LogP contribution in [0.3, 0.4) is 0 Å². The number of aldehydes is 1. The van der Waals surface area contributed by atoms with E-state index in [1.54, 1.807) is 7.11 Å². The van der Waals surface area contributed by atoms with Crippen LogP contribution in [0.5, 0.6) is 5.75 Å². The van der Waals surface area contributed by atoms with Crippen LogP contribution in [0.4, 0.5) is 0 Å². The van der Waals surface area contributed by atoms with Crippen LogP contribution >= 0.6 is 0 Å². The van der Waals surface area contributed by atoms with Gasteiger partial charge in [-0.05, 0) is 28.7 Å². The van der Waals surface area contributed by atoms with Gasteiger partial charge in [0.2, 0.25) is 0 Å². The number of carbonyl (C=O) groups is 1. The molecule has 2 heteroatoms. The van der Waals surface area contributed by atoms with E-state index in [1.807, 2.05) is 30.3 Å². The van der Waals surface area contributed by atoms with Gasteiger partial charge < -0.3 is 4.74 Å². The van der Waals surface area contributed by atoms with E-state index in [-0.39, 0.29) is 5.41 Å². The average molecular weight is 268 g/mol. The molecule has 0 unspecified atom stereocenters. The molecular weight excluding hydrogens is 248 g/mol. The molecule has 0 bridgehead atoms. The highest BCUT2D eigenvalue weighted by Gasteiger charge is 2.16. The molecule has 20 heavy (non-hydrogen) atoms. The molecule has 0 aliphatic rings. The average Bonchev–Trinajstić information content (AvgIpc) is 2.45. The number of hydrogen-bond acceptors (Lipinski definition) is 2. The summed E-state index contributed by atoms with van der Waals surface area (Å²) in [5.74, 6) is 0.844. The van der Waals surface area contributed by atoms with E-state index in [0.29, 0.717) is 5.56 Å². The first-order valence-electron chi connectivity index (χ1n) is 6.70. The van der Waals surface area contributed by atoms with Crippen LogP contribution in [0, 0.1) is 0 Å². The fraction of sp³-hybridized carbons (Fsp3) is 0.278. The van der Waals surface area contributed by atoms with E-state index in [2.05, 4.69) is 32.9 Å². The molecule has 0 aliphatic heterocycles. The van der Waals surface area contributed by atoms with Gasteiger partial charge in [-0.2, -0.15) is 0 Å². The van der Waals surface area contributed by atoms with Crippen molar-refractivity contribution in [2.24, 2.45) is 0 Å². The molecule has 2 aromatic rings. The SMILES string of the molecule is COc1ccc(C(C)(C)C)cc1-c1ccc(C=O)cc1. The van der Waals surface area contributed by atoms with E-state index < -0.39 is 0 Å². The van der Waals surface area contributed by atoms with Crippen LogP contribution < -0.4 is 4.74 Å². The Labute approximate surface area is 120 Å². The van der Waals surface area contributed by atoms with Gasteiger partial charge in [-0.1, -0.05) is 51.1 Å². The normalized spacial score (nSPS) is 11.2. The van der Waals surface area contributed by atoms with Crippen molar-refractivity contribution in [1.29, 1.82) is 0 Å². The third-order valence-corrected chi connectivity index (χ3v) is 3.42. The Bertz CT molecular complexity index is 604. The Balaban J connectivity index is 2.54. The van der Waals surface area contributed by atoms with Gasteiger partial charge in [0.15, 0.2) is 0 Å². The van der Waals surface area contributed by atoms with Crippen LogP contribution in [0.1, 0.15) is 36.7 Å². The molecule has 0 radical (unpaired) electrons. The molecule has 2 nitrogen and oxygen atoms in total. The Morgan fingerprint density at radius 2 is 1.65 bits per heavy atom. The Kier molecular flexibility index (Phi) is 3.93. The van der Waals surface area contributed by atoms with Crippen LogP contribution in [-0.2, 0) is 5.41 Å². The minimum atomic E-state index is 0.0871. The molecule has 0 atom stereocenters. The maximum absolute atomic E-state index is 10.7. The fourth-order valence-corrected chi connectivity index (χ4v) is 2.14. The predicted octanol–water partition coefficient (Wildman–Crippen LogP) is 4.47. The largest absolute Gasteiger partial charge is 0.496 e. The summed E-state index contributed by atoms with van der Waals surface area (Å²) >= 11 is 0. The van der Waals surface area contributed by atoms with Gasteiger partial charge >= 0.3 is 0 Å². The van der Waals surface area contributed by atoms with Gasteiger partial charge in [0.05, 0.1) is 7.11 Å². The highest BCUT2D eigenvalue weighted by molar-refractivity contribution is 5.78. The molecule has 0 heterocycles. The second kappa shape index (κ2) is 5.49. The lowest BCUT2D eigenvalue weighted by Gasteiger charge is -2.21. The van der Waals surface area contributed by atoms with Crippen LogP contribution in [0.15, 0.2) is 42.5 Å². The van der Waals surface area contributed by atoms with Crippen LogP contribution in [-0.4, -0.2) is 13.4 Å². The van der Waals surface area contributed by atoms with Crippen molar-refractivity contribution in [1.82, 2.24) is 0 Å². The van der Waals surface area contributed by atoms with Crippen LogP contribution in [0.25, 0.3) is 11.1 Å². The first-order valence-corrected chi connectivity index (χ1v) is 6.70. The summed E-state index contributed by atoms with van der Waals surface area (Å²) in [5.41, 5.74) is 4.13. The zero-order valence-electron chi connectivity index (χ0n) is 12.4. The van der Waals surface area contributed by atoms with E-state index >= 15 is 0 Å². The first kappa shape index (κ1) is 14.3. The molecule has 104 valence electrons. The highest BCUT2D eigenvalue weighted by atomic mass is 16.5. The first-order chi connectivity index (χ1) is 9.45. The summed E-state index contributed by atoms with van der Waals surface area (Å²) in [4.78, 5) is 10.7. The summed E-state index contributed by atoms with van der Waals surface area (Å²) in [5, 5.41) is 0. The zero-order valence-corrected chi connectivity index (χ0v) is 12.4. The number of benzene rings is 2. The number of rotatable bonds is 3. The third-order valence-electron chi connectivity index (χ3n) is 3.42. The summed E-state index contributed by atoms with van der Waals surface area (Å²) in [6.07, 6.45) is 0.854. The van der Waals surface area contributed by atoms with E-state index in [1.165, 1.54) is 5.56 Å². The Morgan fingerprint density at radius 3 is 2.15 bits per heavy atom. The topological polar surface area (TPSA) is 26.3 Å². The standard InChI is InChI=1S/C18H20O2/c1-18(2,3)15-9-10-17(20-4)16(11-15)14-7-5-13(12-19)6-8-14/h5-12H,1-4H3. The lowest BCUT2D eigenvalue weighted by molar-refractivity contribution is 0.112. The minimum absolute atomic E-state index is 0.0871. The molecule has 0 N–H and O–H groups in total. The van der Waals surface area contributed by atoms with E-state index in [4.69, 9.17) is 4.74 Å². The van der Waals surface area contributed by atoms with Gasteiger partial charge in [0.1, 0.15) is 12.0 Å². The summed E-state index contributed by atoms with van der Waals surface area (Å²) < 4.78 is 5.45. The molecule has 0 aromatic heterocycles. The number of methoxy groups -OCH3 is 1. The molecule has 0 saturated heterocycles. The van der Waals surface area contributed by atoms with E-state index in [9.17, 15) is 4.79 Å². The molecule has 0 saturated carbocycles. The molecule has 0 aliphatic carbocycles.